The number of hydrogen-bond acceptors (Lipinski definition) is 5. The summed E-state index contributed by atoms with van der Waals surface area (Å²) in [7, 11) is 0. The van der Waals surface area contributed by atoms with Crippen molar-refractivity contribution >= 4 is 11.6 Å². The Kier molecular flexibility index (Phi) is 3.08. The van der Waals surface area contributed by atoms with E-state index < -0.39 is 5.82 Å². The van der Waals surface area contributed by atoms with E-state index in [9.17, 15) is 9.50 Å². The van der Waals surface area contributed by atoms with Crippen LogP contribution >= 0.6 is 11.6 Å². The Hall–Kier alpha value is -2.47. The molecule has 0 unspecified atom stereocenters. The molecule has 5 nitrogen and oxygen atoms in total. The van der Waals surface area contributed by atoms with Gasteiger partial charge in [-0.25, -0.2) is 4.39 Å². The topological polar surface area (TPSA) is 72.0 Å². The standard InChI is InChI=1S/C13H7ClFN3O2/c14-9-5-7(1-2-10(9)15)12-17-13(20-18-12)8-3-4-16-6-11(8)19/h1-6,19H. The van der Waals surface area contributed by atoms with E-state index in [0.717, 1.165) is 0 Å². The van der Waals surface area contributed by atoms with Crippen LogP contribution in [-0.4, -0.2) is 20.2 Å². The highest BCUT2D eigenvalue weighted by Gasteiger charge is 2.14. The predicted octanol–water partition coefficient (Wildman–Crippen LogP) is 3.30. The van der Waals surface area contributed by atoms with Gasteiger partial charge in [0.1, 0.15) is 11.6 Å². The molecule has 0 radical (unpaired) electrons. The lowest BCUT2D eigenvalue weighted by Crippen LogP contribution is -1.84. The van der Waals surface area contributed by atoms with E-state index in [0.29, 0.717) is 11.1 Å². The van der Waals surface area contributed by atoms with Gasteiger partial charge in [0.2, 0.25) is 5.82 Å². The molecular weight excluding hydrogens is 285 g/mol. The van der Waals surface area contributed by atoms with E-state index in [1.807, 2.05) is 0 Å². The molecule has 3 rings (SSSR count). The molecule has 3 aromatic rings. The monoisotopic (exact) mass is 291 g/mol. The highest BCUT2D eigenvalue weighted by atomic mass is 35.5. The van der Waals surface area contributed by atoms with Crippen molar-refractivity contribution in [3.8, 4) is 28.6 Å². The van der Waals surface area contributed by atoms with Crippen molar-refractivity contribution in [2.45, 2.75) is 0 Å². The van der Waals surface area contributed by atoms with Crippen LogP contribution in [0.2, 0.25) is 5.02 Å². The smallest absolute Gasteiger partial charge is 0.262 e. The molecular formula is C13H7ClFN3O2. The van der Waals surface area contributed by atoms with E-state index in [-0.39, 0.29) is 22.5 Å². The Morgan fingerprint density at radius 1 is 1.25 bits per heavy atom. The second kappa shape index (κ2) is 4.90. The molecule has 0 spiro atoms. The highest BCUT2D eigenvalue weighted by Crippen LogP contribution is 2.29. The van der Waals surface area contributed by atoms with Gasteiger partial charge in [-0.1, -0.05) is 16.8 Å². The largest absolute Gasteiger partial charge is 0.505 e. The first-order valence-corrected chi connectivity index (χ1v) is 5.95. The summed E-state index contributed by atoms with van der Waals surface area (Å²) < 4.78 is 18.2. The first kappa shape index (κ1) is 12.6. The van der Waals surface area contributed by atoms with Crippen LogP contribution in [0.15, 0.2) is 41.2 Å². The zero-order valence-electron chi connectivity index (χ0n) is 9.92. The maximum atomic E-state index is 13.1. The van der Waals surface area contributed by atoms with Crippen molar-refractivity contribution in [2.75, 3.05) is 0 Å². The maximum Gasteiger partial charge on any atom is 0.262 e. The number of pyridine rings is 1. The van der Waals surface area contributed by atoms with Crippen LogP contribution in [0.1, 0.15) is 0 Å². The van der Waals surface area contributed by atoms with Crippen LogP contribution in [0.25, 0.3) is 22.8 Å². The van der Waals surface area contributed by atoms with Gasteiger partial charge in [-0.05, 0) is 24.3 Å². The molecule has 0 bridgehead atoms. The number of hydrogen-bond donors (Lipinski definition) is 1. The second-order valence-corrected chi connectivity index (χ2v) is 4.35. The number of halogens is 2. The van der Waals surface area contributed by atoms with E-state index >= 15 is 0 Å². The second-order valence-electron chi connectivity index (χ2n) is 3.94. The molecule has 2 heterocycles. The number of aromatic hydroxyl groups is 1. The third kappa shape index (κ3) is 2.21. The number of benzene rings is 1. The minimum Gasteiger partial charge on any atom is -0.505 e. The molecule has 0 saturated heterocycles. The van der Waals surface area contributed by atoms with E-state index in [1.165, 1.54) is 30.6 Å². The molecule has 7 heteroatoms. The molecule has 0 amide bonds. The van der Waals surface area contributed by atoms with E-state index in [1.54, 1.807) is 6.07 Å². The Bertz CT molecular complexity index is 776. The Morgan fingerprint density at radius 2 is 2.10 bits per heavy atom. The zero-order chi connectivity index (χ0) is 14.1. The quantitative estimate of drug-likeness (QED) is 0.784. The lowest BCUT2D eigenvalue weighted by atomic mass is 10.2. The fraction of sp³-hybridized carbons (Fsp3) is 0. The lowest BCUT2D eigenvalue weighted by Gasteiger charge is -1.97. The first-order chi connectivity index (χ1) is 9.65. The van der Waals surface area contributed by atoms with Crippen molar-refractivity contribution in [1.29, 1.82) is 0 Å². The van der Waals surface area contributed by atoms with Gasteiger partial charge in [-0.2, -0.15) is 4.98 Å². The average Bonchev–Trinajstić information content (AvgIpc) is 2.92. The molecule has 0 aliphatic rings. The molecule has 0 saturated carbocycles. The summed E-state index contributed by atoms with van der Waals surface area (Å²) in [4.78, 5) is 7.89. The molecule has 20 heavy (non-hydrogen) atoms. The van der Waals surface area contributed by atoms with E-state index in [4.69, 9.17) is 16.1 Å². The van der Waals surface area contributed by atoms with Crippen molar-refractivity contribution < 1.29 is 14.0 Å². The van der Waals surface area contributed by atoms with Gasteiger partial charge in [0.05, 0.1) is 16.8 Å². The van der Waals surface area contributed by atoms with Gasteiger partial charge in [0.25, 0.3) is 5.89 Å². The SMILES string of the molecule is Oc1cnccc1-c1nc(-c2ccc(F)c(Cl)c2)no1. The number of aromatic nitrogens is 3. The summed E-state index contributed by atoms with van der Waals surface area (Å²) in [5.41, 5.74) is 0.881. The predicted molar refractivity (Wildman–Crippen MR) is 69.6 cm³/mol. The highest BCUT2D eigenvalue weighted by molar-refractivity contribution is 6.31. The van der Waals surface area contributed by atoms with Crippen LogP contribution in [-0.2, 0) is 0 Å². The average molecular weight is 292 g/mol. The maximum absolute atomic E-state index is 13.1. The summed E-state index contributed by atoms with van der Waals surface area (Å²) in [6.45, 7) is 0. The van der Waals surface area contributed by atoms with Gasteiger partial charge < -0.3 is 9.63 Å². The molecule has 1 N–H and O–H groups in total. The molecule has 100 valence electrons. The summed E-state index contributed by atoms with van der Waals surface area (Å²) in [5.74, 6) is -0.204. The van der Waals surface area contributed by atoms with Crippen LogP contribution < -0.4 is 0 Å². The normalized spacial score (nSPS) is 10.7. The number of nitrogens with zero attached hydrogens (tertiary/aromatic N) is 3. The summed E-state index contributed by atoms with van der Waals surface area (Å²) in [6, 6.07) is 5.65. The molecule has 1 aromatic carbocycles. The van der Waals surface area contributed by atoms with Gasteiger partial charge in [-0.3, -0.25) is 4.98 Å². The Labute approximate surface area is 117 Å². The molecule has 0 aliphatic heterocycles. The van der Waals surface area contributed by atoms with Gasteiger partial charge >= 0.3 is 0 Å². The summed E-state index contributed by atoms with van der Waals surface area (Å²) in [5, 5.41) is 13.4. The van der Waals surface area contributed by atoms with E-state index in [2.05, 4.69) is 15.1 Å². The van der Waals surface area contributed by atoms with Crippen LogP contribution in [0.5, 0.6) is 5.75 Å². The summed E-state index contributed by atoms with van der Waals surface area (Å²) >= 11 is 5.70. The lowest BCUT2D eigenvalue weighted by molar-refractivity contribution is 0.425. The van der Waals surface area contributed by atoms with Crippen molar-refractivity contribution in [1.82, 2.24) is 15.1 Å². The van der Waals surface area contributed by atoms with Crippen LogP contribution in [0.4, 0.5) is 4.39 Å². The molecule has 2 aromatic heterocycles. The van der Waals surface area contributed by atoms with Crippen molar-refractivity contribution in [2.24, 2.45) is 0 Å². The summed E-state index contributed by atoms with van der Waals surface area (Å²) in [6.07, 6.45) is 2.77. The van der Waals surface area contributed by atoms with Crippen molar-refractivity contribution in [3.05, 3.63) is 47.5 Å². The van der Waals surface area contributed by atoms with Gasteiger partial charge in [0, 0.05) is 11.8 Å². The van der Waals surface area contributed by atoms with Crippen LogP contribution in [0, 0.1) is 5.82 Å². The minimum absolute atomic E-state index is 0.0272. The third-order valence-electron chi connectivity index (χ3n) is 2.63. The van der Waals surface area contributed by atoms with Gasteiger partial charge in [0.15, 0.2) is 0 Å². The number of rotatable bonds is 2. The zero-order valence-corrected chi connectivity index (χ0v) is 10.7. The van der Waals surface area contributed by atoms with Crippen LogP contribution in [0.3, 0.4) is 0 Å². The fourth-order valence-electron chi connectivity index (χ4n) is 1.65. The fourth-order valence-corrected chi connectivity index (χ4v) is 1.83. The molecule has 0 fully saturated rings. The first-order valence-electron chi connectivity index (χ1n) is 5.57. The molecule has 0 aliphatic carbocycles. The third-order valence-corrected chi connectivity index (χ3v) is 2.92. The Balaban J connectivity index is 2.02. The Morgan fingerprint density at radius 3 is 2.85 bits per heavy atom. The van der Waals surface area contributed by atoms with Crippen molar-refractivity contribution in [3.63, 3.8) is 0 Å². The molecule has 0 atom stereocenters. The van der Waals surface area contributed by atoms with Gasteiger partial charge in [-0.15, -0.1) is 0 Å². The minimum atomic E-state index is -0.522.